The van der Waals surface area contributed by atoms with Gasteiger partial charge in [-0.25, -0.2) is 4.79 Å². The molecule has 0 radical (unpaired) electrons. The number of amides is 3. The minimum atomic E-state index is -0.0768. The Balaban J connectivity index is 1.65. The predicted octanol–water partition coefficient (Wildman–Crippen LogP) is 1.59. The second kappa shape index (κ2) is 7.18. The molecule has 2 aliphatic rings. The quantitative estimate of drug-likeness (QED) is 0.858. The van der Waals surface area contributed by atoms with Crippen LogP contribution in [-0.4, -0.2) is 54.0 Å². The zero-order chi connectivity index (χ0) is 16.9. The number of likely N-dealkylation sites (tertiary alicyclic amines) is 1. The first-order valence-electron chi connectivity index (χ1n) is 8.19. The van der Waals surface area contributed by atoms with Crippen molar-refractivity contribution in [1.29, 1.82) is 5.26 Å². The topological polar surface area (TPSA) is 76.4 Å². The van der Waals surface area contributed by atoms with Crippen molar-refractivity contribution in [2.75, 3.05) is 26.2 Å². The lowest BCUT2D eigenvalue weighted by molar-refractivity contribution is -0.127. The van der Waals surface area contributed by atoms with Gasteiger partial charge in [0.1, 0.15) is 0 Å². The van der Waals surface area contributed by atoms with Crippen molar-refractivity contribution in [3.8, 4) is 6.07 Å². The summed E-state index contributed by atoms with van der Waals surface area (Å²) in [5, 5.41) is 11.9. The van der Waals surface area contributed by atoms with Crippen molar-refractivity contribution < 1.29 is 9.59 Å². The molecule has 1 N–H and O–H groups in total. The molecule has 124 valence electrons. The minimum absolute atomic E-state index is 0.0345. The van der Waals surface area contributed by atoms with Gasteiger partial charge in [-0.3, -0.25) is 4.79 Å². The van der Waals surface area contributed by atoms with Crippen molar-refractivity contribution >= 4 is 18.0 Å². The molecule has 2 heterocycles. The number of carbonyl (C=O) groups is 2. The van der Waals surface area contributed by atoms with Gasteiger partial charge in [0.2, 0.25) is 5.91 Å². The second-order valence-electron chi connectivity index (χ2n) is 6.04. The molecule has 1 aromatic carbocycles. The van der Waals surface area contributed by atoms with Crippen LogP contribution in [0.2, 0.25) is 0 Å². The van der Waals surface area contributed by atoms with Crippen LogP contribution in [0.15, 0.2) is 30.3 Å². The molecule has 2 fully saturated rings. The molecule has 0 saturated carbocycles. The molecule has 2 aliphatic heterocycles. The van der Waals surface area contributed by atoms with Gasteiger partial charge in [-0.1, -0.05) is 18.2 Å². The van der Waals surface area contributed by atoms with E-state index in [2.05, 4.69) is 11.4 Å². The molecular weight excluding hydrogens is 304 g/mol. The third-order valence-corrected chi connectivity index (χ3v) is 4.53. The van der Waals surface area contributed by atoms with Crippen molar-refractivity contribution in [3.05, 3.63) is 41.5 Å². The SMILES string of the molecule is N#Cc1ccccc1/C=C/C(=O)N1CCCC(N2CCNC2=O)C1. The Labute approximate surface area is 141 Å². The lowest BCUT2D eigenvalue weighted by atomic mass is 10.0. The van der Waals surface area contributed by atoms with Gasteiger partial charge >= 0.3 is 6.03 Å². The maximum Gasteiger partial charge on any atom is 0.317 e. The van der Waals surface area contributed by atoms with Crippen LogP contribution in [0, 0.1) is 11.3 Å². The fourth-order valence-electron chi connectivity index (χ4n) is 3.25. The number of piperidine rings is 1. The number of nitrogens with zero attached hydrogens (tertiary/aromatic N) is 3. The first kappa shape index (κ1) is 16.1. The average Bonchev–Trinajstić information content (AvgIpc) is 3.06. The smallest absolute Gasteiger partial charge is 0.317 e. The molecule has 1 unspecified atom stereocenters. The molecule has 1 atom stereocenters. The summed E-state index contributed by atoms with van der Waals surface area (Å²) >= 11 is 0. The molecule has 2 saturated heterocycles. The average molecular weight is 324 g/mol. The summed E-state index contributed by atoms with van der Waals surface area (Å²) in [6.45, 7) is 2.65. The fraction of sp³-hybridized carbons (Fsp3) is 0.389. The van der Waals surface area contributed by atoms with Crippen LogP contribution < -0.4 is 5.32 Å². The molecule has 6 nitrogen and oxygen atoms in total. The Morgan fingerprint density at radius 3 is 2.92 bits per heavy atom. The predicted molar refractivity (Wildman–Crippen MR) is 89.9 cm³/mol. The summed E-state index contributed by atoms with van der Waals surface area (Å²) in [4.78, 5) is 27.9. The third kappa shape index (κ3) is 3.40. The molecule has 3 amide bonds. The van der Waals surface area contributed by atoms with Crippen LogP contribution in [0.4, 0.5) is 4.79 Å². The zero-order valence-corrected chi connectivity index (χ0v) is 13.4. The van der Waals surface area contributed by atoms with E-state index in [1.807, 2.05) is 17.0 Å². The van der Waals surface area contributed by atoms with E-state index in [4.69, 9.17) is 5.26 Å². The van der Waals surface area contributed by atoms with Gasteiger partial charge in [0, 0.05) is 32.3 Å². The molecule has 0 spiro atoms. The van der Waals surface area contributed by atoms with Gasteiger partial charge in [0.15, 0.2) is 0 Å². The zero-order valence-electron chi connectivity index (χ0n) is 13.4. The summed E-state index contributed by atoms with van der Waals surface area (Å²) in [5.41, 5.74) is 1.28. The molecular formula is C18H20N4O2. The van der Waals surface area contributed by atoms with Crippen molar-refractivity contribution in [2.45, 2.75) is 18.9 Å². The van der Waals surface area contributed by atoms with E-state index in [9.17, 15) is 9.59 Å². The number of nitrogens with one attached hydrogen (secondary N) is 1. The van der Waals surface area contributed by atoms with Crippen molar-refractivity contribution in [3.63, 3.8) is 0 Å². The van der Waals surface area contributed by atoms with E-state index in [0.717, 1.165) is 18.4 Å². The number of rotatable bonds is 3. The van der Waals surface area contributed by atoms with Crippen molar-refractivity contribution in [1.82, 2.24) is 15.1 Å². The number of nitriles is 1. The molecule has 0 aromatic heterocycles. The van der Waals surface area contributed by atoms with E-state index >= 15 is 0 Å². The summed E-state index contributed by atoms with van der Waals surface area (Å²) in [6, 6.07) is 9.36. The van der Waals surface area contributed by atoms with Gasteiger partial charge < -0.3 is 15.1 Å². The van der Waals surface area contributed by atoms with E-state index in [1.165, 1.54) is 6.08 Å². The number of urea groups is 1. The van der Waals surface area contributed by atoms with Gasteiger partial charge in [0.25, 0.3) is 0 Å². The van der Waals surface area contributed by atoms with Gasteiger partial charge in [-0.2, -0.15) is 5.26 Å². The van der Waals surface area contributed by atoms with Crippen LogP contribution >= 0.6 is 0 Å². The van der Waals surface area contributed by atoms with Crippen LogP contribution in [0.3, 0.4) is 0 Å². The lowest BCUT2D eigenvalue weighted by Crippen LogP contribution is -2.50. The number of hydrogen-bond donors (Lipinski definition) is 1. The maximum atomic E-state index is 12.5. The monoisotopic (exact) mass is 324 g/mol. The van der Waals surface area contributed by atoms with Gasteiger partial charge in [-0.15, -0.1) is 0 Å². The van der Waals surface area contributed by atoms with Crippen LogP contribution in [0.25, 0.3) is 6.08 Å². The van der Waals surface area contributed by atoms with E-state index < -0.39 is 0 Å². The number of hydrogen-bond acceptors (Lipinski definition) is 3. The Bertz CT molecular complexity index is 707. The van der Waals surface area contributed by atoms with E-state index in [1.54, 1.807) is 23.1 Å². The largest absolute Gasteiger partial charge is 0.337 e. The van der Waals surface area contributed by atoms with Gasteiger partial charge in [0.05, 0.1) is 17.7 Å². The molecule has 1 aromatic rings. The van der Waals surface area contributed by atoms with E-state index in [-0.39, 0.29) is 18.0 Å². The first-order chi connectivity index (χ1) is 11.7. The molecule has 3 rings (SSSR count). The van der Waals surface area contributed by atoms with Crippen LogP contribution in [0.1, 0.15) is 24.0 Å². The highest BCUT2D eigenvalue weighted by atomic mass is 16.2. The number of benzene rings is 1. The lowest BCUT2D eigenvalue weighted by Gasteiger charge is -2.36. The summed E-state index contributed by atoms with van der Waals surface area (Å²) in [7, 11) is 0. The Morgan fingerprint density at radius 2 is 2.17 bits per heavy atom. The van der Waals surface area contributed by atoms with Crippen LogP contribution in [0.5, 0.6) is 0 Å². The Kier molecular flexibility index (Phi) is 4.80. The number of carbonyl (C=O) groups excluding carboxylic acids is 2. The Morgan fingerprint density at radius 1 is 1.33 bits per heavy atom. The normalized spacial score (nSPS) is 21.0. The molecule has 0 aliphatic carbocycles. The Hall–Kier alpha value is -2.81. The van der Waals surface area contributed by atoms with E-state index in [0.29, 0.717) is 31.7 Å². The standard InChI is InChI=1S/C18H20N4O2/c19-12-15-5-2-1-4-14(15)7-8-17(23)21-10-3-6-16(13-21)22-11-9-20-18(22)24/h1-2,4-5,7-8,16H,3,6,9-11,13H2,(H,20,24)/b8-7+. The second-order valence-corrected chi connectivity index (χ2v) is 6.04. The minimum Gasteiger partial charge on any atom is -0.337 e. The highest BCUT2D eigenvalue weighted by Crippen LogP contribution is 2.18. The van der Waals surface area contributed by atoms with Crippen molar-refractivity contribution in [2.24, 2.45) is 0 Å². The molecule has 6 heteroatoms. The maximum absolute atomic E-state index is 12.5. The van der Waals surface area contributed by atoms with Crippen LogP contribution in [-0.2, 0) is 4.79 Å². The highest BCUT2D eigenvalue weighted by molar-refractivity contribution is 5.92. The fourth-order valence-corrected chi connectivity index (χ4v) is 3.25. The summed E-state index contributed by atoms with van der Waals surface area (Å²) in [6.07, 6.45) is 5.02. The molecule has 0 bridgehead atoms. The first-order valence-corrected chi connectivity index (χ1v) is 8.19. The van der Waals surface area contributed by atoms with Gasteiger partial charge in [-0.05, 0) is 30.5 Å². The molecule has 24 heavy (non-hydrogen) atoms. The highest BCUT2D eigenvalue weighted by Gasteiger charge is 2.32. The third-order valence-electron chi connectivity index (χ3n) is 4.53. The summed E-state index contributed by atoms with van der Waals surface area (Å²) in [5.74, 6) is -0.0768. The summed E-state index contributed by atoms with van der Waals surface area (Å²) < 4.78 is 0.